The third-order valence-electron chi connectivity index (χ3n) is 2.80. The van der Waals surface area contributed by atoms with E-state index >= 15 is 0 Å². The van der Waals surface area contributed by atoms with Gasteiger partial charge in [-0.05, 0) is 18.6 Å². The van der Waals surface area contributed by atoms with Gasteiger partial charge in [-0.1, -0.05) is 29.8 Å². The zero-order chi connectivity index (χ0) is 13.1. The molecule has 1 heterocycles. The summed E-state index contributed by atoms with van der Waals surface area (Å²) in [6.45, 7) is 2.05. The summed E-state index contributed by atoms with van der Waals surface area (Å²) in [5, 5.41) is 0.399. The van der Waals surface area contributed by atoms with E-state index in [0.717, 1.165) is 22.6 Å². The Bertz CT molecular complexity index is 558. The van der Waals surface area contributed by atoms with Gasteiger partial charge in [-0.25, -0.2) is 9.97 Å². The summed E-state index contributed by atoms with van der Waals surface area (Å²) in [5.74, 6) is 1.02. The van der Waals surface area contributed by atoms with Crippen molar-refractivity contribution in [2.75, 3.05) is 11.9 Å². The van der Waals surface area contributed by atoms with Crippen molar-refractivity contribution in [3.63, 3.8) is 0 Å². The van der Waals surface area contributed by atoms with E-state index in [4.69, 9.17) is 23.2 Å². The molecule has 0 saturated carbocycles. The summed E-state index contributed by atoms with van der Waals surface area (Å²) in [4.78, 5) is 10.2. The van der Waals surface area contributed by atoms with E-state index in [-0.39, 0.29) is 5.88 Å². The highest BCUT2D eigenvalue weighted by atomic mass is 35.5. The molecule has 0 radical (unpaired) electrons. The Morgan fingerprint density at radius 3 is 2.61 bits per heavy atom. The van der Waals surface area contributed by atoms with Crippen LogP contribution in [0.5, 0.6) is 0 Å². The van der Waals surface area contributed by atoms with E-state index in [1.54, 1.807) is 0 Å². The van der Waals surface area contributed by atoms with Gasteiger partial charge in [0.2, 0.25) is 0 Å². The molecular formula is C13H13Cl2N3. The Labute approximate surface area is 116 Å². The number of aryl methyl sites for hydroxylation is 1. The number of hydrogen-bond acceptors (Lipinski definition) is 3. The summed E-state index contributed by atoms with van der Waals surface area (Å²) in [6.07, 6.45) is 1.45. The fourth-order valence-electron chi connectivity index (χ4n) is 1.84. The third kappa shape index (κ3) is 2.42. The first-order chi connectivity index (χ1) is 8.65. The molecule has 5 heteroatoms. The number of hydrogen-bond donors (Lipinski definition) is 0. The monoisotopic (exact) mass is 281 g/mol. The molecule has 0 spiro atoms. The quantitative estimate of drug-likeness (QED) is 0.630. The van der Waals surface area contributed by atoms with Crippen LogP contribution in [-0.4, -0.2) is 17.0 Å². The number of anilines is 2. The van der Waals surface area contributed by atoms with Crippen LogP contribution in [0.15, 0.2) is 30.6 Å². The molecule has 0 aliphatic carbocycles. The average Bonchev–Trinajstić information content (AvgIpc) is 2.38. The second-order valence-corrected chi connectivity index (χ2v) is 4.57. The summed E-state index contributed by atoms with van der Waals surface area (Å²) in [5.41, 5.74) is 2.97. The van der Waals surface area contributed by atoms with E-state index in [0.29, 0.717) is 5.15 Å². The van der Waals surface area contributed by atoms with Crippen molar-refractivity contribution in [1.29, 1.82) is 0 Å². The predicted octanol–water partition coefficient (Wildman–Crippen LogP) is 3.95. The van der Waals surface area contributed by atoms with Gasteiger partial charge in [-0.15, -0.1) is 11.6 Å². The largest absolute Gasteiger partial charge is 0.329 e. The van der Waals surface area contributed by atoms with Crippen LogP contribution >= 0.6 is 23.2 Å². The van der Waals surface area contributed by atoms with Gasteiger partial charge in [0.05, 0.1) is 5.88 Å². The first-order valence-corrected chi connectivity index (χ1v) is 6.41. The van der Waals surface area contributed by atoms with Gasteiger partial charge in [-0.2, -0.15) is 0 Å². The maximum Gasteiger partial charge on any atom is 0.142 e. The van der Waals surface area contributed by atoms with Gasteiger partial charge in [0.15, 0.2) is 0 Å². The molecule has 18 heavy (non-hydrogen) atoms. The minimum Gasteiger partial charge on any atom is -0.329 e. The van der Waals surface area contributed by atoms with Crippen molar-refractivity contribution in [3.8, 4) is 0 Å². The van der Waals surface area contributed by atoms with Crippen molar-refractivity contribution in [2.24, 2.45) is 0 Å². The smallest absolute Gasteiger partial charge is 0.142 e. The zero-order valence-electron chi connectivity index (χ0n) is 10.2. The molecule has 2 rings (SSSR count). The predicted molar refractivity (Wildman–Crippen MR) is 75.8 cm³/mol. The van der Waals surface area contributed by atoms with Gasteiger partial charge >= 0.3 is 0 Å². The lowest BCUT2D eigenvalue weighted by Crippen LogP contribution is -2.15. The van der Waals surface area contributed by atoms with E-state index < -0.39 is 0 Å². The molecule has 1 aromatic heterocycles. The van der Waals surface area contributed by atoms with Crippen LogP contribution in [0, 0.1) is 6.92 Å². The first kappa shape index (κ1) is 13.1. The molecule has 0 bridgehead atoms. The van der Waals surface area contributed by atoms with E-state index in [2.05, 4.69) is 23.0 Å². The van der Waals surface area contributed by atoms with Gasteiger partial charge in [0.25, 0.3) is 0 Å². The highest BCUT2D eigenvalue weighted by Gasteiger charge is 2.15. The Morgan fingerprint density at radius 2 is 1.94 bits per heavy atom. The molecule has 0 N–H and O–H groups in total. The topological polar surface area (TPSA) is 29.0 Å². The Kier molecular flexibility index (Phi) is 4.04. The van der Waals surface area contributed by atoms with Crippen LogP contribution < -0.4 is 4.90 Å². The lowest BCUT2D eigenvalue weighted by molar-refractivity contribution is 1.04. The van der Waals surface area contributed by atoms with E-state index in [9.17, 15) is 0 Å². The Hall–Kier alpha value is -1.32. The SMILES string of the molecule is Cc1ccccc1N(C)c1ncnc(Cl)c1CCl. The van der Waals surface area contributed by atoms with Gasteiger partial charge in [-0.3, -0.25) is 0 Å². The number of alkyl halides is 1. The van der Waals surface area contributed by atoms with Crippen LogP contribution in [0.1, 0.15) is 11.1 Å². The summed E-state index contributed by atoms with van der Waals surface area (Å²) >= 11 is 12.0. The molecule has 0 amide bonds. The molecule has 0 saturated heterocycles. The van der Waals surface area contributed by atoms with Crippen LogP contribution in [0.25, 0.3) is 0 Å². The van der Waals surface area contributed by atoms with E-state index in [1.807, 2.05) is 30.1 Å². The zero-order valence-corrected chi connectivity index (χ0v) is 11.7. The molecule has 2 aromatic rings. The number of para-hydroxylation sites is 1. The Morgan fingerprint density at radius 1 is 1.22 bits per heavy atom. The lowest BCUT2D eigenvalue weighted by Gasteiger charge is -2.22. The minimum absolute atomic E-state index is 0.283. The van der Waals surface area contributed by atoms with Crippen molar-refractivity contribution in [1.82, 2.24) is 9.97 Å². The minimum atomic E-state index is 0.283. The number of nitrogens with zero attached hydrogens (tertiary/aromatic N) is 3. The van der Waals surface area contributed by atoms with Crippen LogP contribution in [0.4, 0.5) is 11.5 Å². The second kappa shape index (κ2) is 5.55. The van der Waals surface area contributed by atoms with Crippen molar-refractivity contribution in [3.05, 3.63) is 46.9 Å². The van der Waals surface area contributed by atoms with Crippen LogP contribution in [0.3, 0.4) is 0 Å². The van der Waals surface area contributed by atoms with Crippen LogP contribution in [0.2, 0.25) is 5.15 Å². The molecule has 94 valence electrons. The maximum atomic E-state index is 6.04. The molecule has 0 unspecified atom stereocenters. The van der Waals surface area contributed by atoms with Crippen molar-refractivity contribution < 1.29 is 0 Å². The molecule has 0 aliphatic heterocycles. The highest BCUT2D eigenvalue weighted by Crippen LogP contribution is 2.30. The number of halogens is 2. The molecule has 0 atom stereocenters. The Balaban J connectivity index is 2.50. The van der Waals surface area contributed by atoms with Crippen molar-refractivity contribution >= 4 is 34.7 Å². The maximum absolute atomic E-state index is 6.04. The summed E-state index contributed by atoms with van der Waals surface area (Å²) < 4.78 is 0. The third-order valence-corrected chi connectivity index (χ3v) is 3.39. The molecule has 1 aromatic carbocycles. The van der Waals surface area contributed by atoms with Gasteiger partial charge in [0, 0.05) is 18.3 Å². The van der Waals surface area contributed by atoms with Gasteiger partial charge < -0.3 is 4.90 Å². The van der Waals surface area contributed by atoms with Gasteiger partial charge in [0.1, 0.15) is 17.3 Å². The summed E-state index contributed by atoms with van der Waals surface area (Å²) in [6, 6.07) is 8.07. The van der Waals surface area contributed by atoms with Crippen LogP contribution in [-0.2, 0) is 5.88 Å². The number of rotatable bonds is 3. The summed E-state index contributed by atoms with van der Waals surface area (Å²) in [7, 11) is 1.94. The lowest BCUT2D eigenvalue weighted by atomic mass is 10.2. The fraction of sp³-hybridized carbons (Fsp3) is 0.231. The molecule has 0 aliphatic rings. The first-order valence-electron chi connectivity index (χ1n) is 5.50. The van der Waals surface area contributed by atoms with E-state index in [1.165, 1.54) is 6.33 Å². The van der Waals surface area contributed by atoms with Crippen molar-refractivity contribution in [2.45, 2.75) is 12.8 Å². The molecular weight excluding hydrogens is 269 g/mol. The highest BCUT2D eigenvalue weighted by molar-refractivity contribution is 6.31. The fourth-order valence-corrected chi connectivity index (χ4v) is 2.35. The standard InChI is InChI=1S/C13H13Cl2N3/c1-9-5-3-4-6-11(9)18(2)13-10(7-14)12(15)16-8-17-13/h3-6,8H,7H2,1-2H3. The molecule has 0 fully saturated rings. The number of benzene rings is 1. The number of aromatic nitrogens is 2. The molecule has 3 nitrogen and oxygen atoms in total. The normalized spacial score (nSPS) is 10.4. The average molecular weight is 282 g/mol. The second-order valence-electron chi connectivity index (χ2n) is 3.95.